The summed E-state index contributed by atoms with van der Waals surface area (Å²) >= 11 is 3.89. The molecule has 116 valence electrons. The van der Waals surface area contributed by atoms with Crippen molar-refractivity contribution in [1.29, 1.82) is 0 Å². The number of thioether (sulfide) groups is 2. The SMILES string of the molecule is Cc1ccc(NC(=O)CSc2nnc(SCC(N)=O)s2)cc1. The van der Waals surface area contributed by atoms with Crippen LogP contribution in [0.2, 0.25) is 0 Å². The number of benzene rings is 1. The Kier molecular flexibility index (Phi) is 6.22. The Bertz CT molecular complexity index is 658. The van der Waals surface area contributed by atoms with Gasteiger partial charge in [0.2, 0.25) is 11.8 Å². The van der Waals surface area contributed by atoms with E-state index in [0.29, 0.717) is 8.68 Å². The van der Waals surface area contributed by atoms with Crippen molar-refractivity contribution in [2.45, 2.75) is 15.6 Å². The van der Waals surface area contributed by atoms with Crippen molar-refractivity contribution in [2.75, 3.05) is 16.8 Å². The lowest BCUT2D eigenvalue weighted by Crippen LogP contribution is -2.13. The molecular weight excluding hydrogens is 340 g/mol. The van der Waals surface area contributed by atoms with Crippen LogP contribution in [0.3, 0.4) is 0 Å². The van der Waals surface area contributed by atoms with Crippen molar-refractivity contribution in [3.63, 3.8) is 0 Å². The molecule has 3 N–H and O–H groups in total. The predicted molar refractivity (Wildman–Crippen MR) is 90.4 cm³/mol. The third-order valence-corrected chi connectivity index (χ3v) is 5.60. The molecule has 0 aliphatic rings. The topological polar surface area (TPSA) is 98.0 Å². The fraction of sp³-hybridized carbons (Fsp3) is 0.231. The summed E-state index contributed by atoms with van der Waals surface area (Å²) < 4.78 is 1.35. The van der Waals surface area contributed by atoms with Crippen molar-refractivity contribution in [1.82, 2.24) is 10.2 Å². The van der Waals surface area contributed by atoms with E-state index in [2.05, 4.69) is 15.5 Å². The minimum atomic E-state index is -0.396. The molecule has 9 heteroatoms. The molecule has 0 atom stereocenters. The smallest absolute Gasteiger partial charge is 0.234 e. The second-order valence-electron chi connectivity index (χ2n) is 4.29. The van der Waals surface area contributed by atoms with Gasteiger partial charge in [0.15, 0.2) is 8.68 Å². The molecule has 2 rings (SSSR count). The number of nitrogens with zero attached hydrogens (tertiary/aromatic N) is 2. The summed E-state index contributed by atoms with van der Waals surface area (Å²) in [7, 11) is 0. The van der Waals surface area contributed by atoms with E-state index in [0.717, 1.165) is 11.3 Å². The summed E-state index contributed by atoms with van der Waals surface area (Å²) in [6, 6.07) is 7.61. The van der Waals surface area contributed by atoms with E-state index in [4.69, 9.17) is 5.73 Å². The van der Waals surface area contributed by atoms with E-state index in [1.165, 1.54) is 34.9 Å². The van der Waals surface area contributed by atoms with Gasteiger partial charge in [0, 0.05) is 5.69 Å². The molecule has 1 heterocycles. The number of nitrogens with one attached hydrogen (secondary N) is 1. The number of anilines is 1. The second-order valence-corrected chi connectivity index (χ2v) is 7.71. The maximum absolute atomic E-state index is 11.9. The number of nitrogens with two attached hydrogens (primary N) is 1. The Morgan fingerprint density at radius 1 is 1.14 bits per heavy atom. The fourth-order valence-electron chi connectivity index (χ4n) is 1.41. The van der Waals surface area contributed by atoms with Gasteiger partial charge in [0.25, 0.3) is 0 Å². The Morgan fingerprint density at radius 2 is 1.73 bits per heavy atom. The zero-order chi connectivity index (χ0) is 15.9. The van der Waals surface area contributed by atoms with Gasteiger partial charge in [-0.15, -0.1) is 10.2 Å². The fourth-order valence-corrected chi connectivity index (χ4v) is 3.97. The van der Waals surface area contributed by atoms with Gasteiger partial charge in [0.1, 0.15) is 0 Å². The standard InChI is InChI=1S/C13H14N4O2S3/c1-8-2-4-9(5-3-8)15-11(19)7-21-13-17-16-12(22-13)20-6-10(14)18/h2-5H,6-7H2,1H3,(H2,14,18)(H,15,19). The van der Waals surface area contributed by atoms with Crippen molar-refractivity contribution in [3.8, 4) is 0 Å². The van der Waals surface area contributed by atoms with Gasteiger partial charge in [-0.3, -0.25) is 9.59 Å². The van der Waals surface area contributed by atoms with Crippen LogP contribution < -0.4 is 11.1 Å². The number of carbonyl (C=O) groups is 2. The highest BCUT2D eigenvalue weighted by Gasteiger charge is 2.09. The van der Waals surface area contributed by atoms with Crippen molar-refractivity contribution in [2.24, 2.45) is 5.73 Å². The molecule has 0 aliphatic carbocycles. The summed E-state index contributed by atoms with van der Waals surface area (Å²) in [6.45, 7) is 1.99. The number of aromatic nitrogens is 2. The van der Waals surface area contributed by atoms with Crippen LogP contribution in [0.4, 0.5) is 5.69 Å². The molecule has 1 aromatic heterocycles. The van der Waals surface area contributed by atoms with E-state index < -0.39 is 5.91 Å². The minimum absolute atomic E-state index is 0.101. The van der Waals surface area contributed by atoms with Crippen molar-refractivity contribution in [3.05, 3.63) is 29.8 Å². The van der Waals surface area contributed by atoms with Crippen LogP contribution in [-0.2, 0) is 9.59 Å². The summed E-state index contributed by atoms with van der Waals surface area (Å²) in [5.41, 5.74) is 6.98. The normalized spacial score (nSPS) is 10.4. The van der Waals surface area contributed by atoms with Gasteiger partial charge >= 0.3 is 0 Å². The molecule has 2 amide bonds. The molecule has 22 heavy (non-hydrogen) atoms. The van der Waals surface area contributed by atoms with Crippen LogP contribution in [0.5, 0.6) is 0 Å². The molecular formula is C13H14N4O2S3. The number of hydrogen-bond acceptors (Lipinski definition) is 7. The largest absolute Gasteiger partial charge is 0.369 e. The highest BCUT2D eigenvalue weighted by molar-refractivity contribution is 8.03. The third-order valence-electron chi connectivity index (χ3n) is 2.39. The molecule has 0 saturated heterocycles. The van der Waals surface area contributed by atoms with Gasteiger partial charge in [-0.25, -0.2) is 0 Å². The average Bonchev–Trinajstić information content (AvgIpc) is 2.93. The summed E-state index contributed by atoms with van der Waals surface area (Å²) in [5, 5.41) is 10.7. The van der Waals surface area contributed by atoms with Crippen molar-refractivity contribution >= 4 is 52.4 Å². The highest BCUT2D eigenvalue weighted by atomic mass is 32.2. The van der Waals surface area contributed by atoms with Crippen LogP contribution in [0.1, 0.15) is 5.56 Å². The first kappa shape index (κ1) is 16.8. The molecule has 0 saturated carbocycles. The molecule has 6 nitrogen and oxygen atoms in total. The van der Waals surface area contributed by atoms with E-state index in [9.17, 15) is 9.59 Å². The first-order valence-electron chi connectivity index (χ1n) is 6.27. The van der Waals surface area contributed by atoms with E-state index in [-0.39, 0.29) is 17.4 Å². The van der Waals surface area contributed by atoms with E-state index in [1.54, 1.807) is 0 Å². The van der Waals surface area contributed by atoms with Crippen LogP contribution in [-0.4, -0.2) is 33.5 Å². The van der Waals surface area contributed by atoms with Crippen LogP contribution >= 0.6 is 34.9 Å². The lowest BCUT2D eigenvalue weighted by Gasteiger charge is -2.04. The quantitative estimate of drug-likeness (QED) is 0.739. The van der Waals surface area contributed by atoms with Gasteiger partial charge in [-0.2, -0.15) is 0 Å². The van der Waals surface area contributed by atoms with Gasteiger partial charge in [-0.05, 0) is 19.1 Å². The summed E-state index contributed by atoms with van der Waals surface area (Å²) in [6.07, 6.45) is 0. The lowest BCUT2D eigenvalue weighted by molar-refractivity contribution is -0.115. The zero-order valence-corrected chi connectivity index (χ0v) is 14.2. The van der Waals surface area contributed by atoms with Crippen LogP contribution in [0.15, 0.2) is 32.9 Å². The molecule has 0 bridgehead atoms. The minimum Gasteiger partial charge on any atom is -0.369 e. The van der Waals surface area contributed by atoms with Gasteiger partial charge in [-0.1, -0.05) is 52.6 Å². The number of carbonyl (C=O) groups excluding carboxylic acids is 2. The maximum atomic E-state index is 11.9. The summed E-state index contributed by atoms with van der Waals surface area (Å²) in [4.78, 5) is 22.5. The van der Waals surface area contributed by atoms with Crippen LogP contribution in [0.25, 0.3) is 0 Å². The molecule has 1 aromatic carbocycles. The van der Waals surface area contributed by atoms with E-state index >= 15 is 0 Å². The molecule has 2 aromatic rings. The molecule has 0 spiro atoms. The molecule has 0 aliphatic heterocycles. The number of hydrogen-bond donors (Lipinski definition) is 2. The van der Waals surface area contributed by atoms with Crippen LogP contribution in [0, 0.1) is 6.92 Å². The molecule has 0 radical (unpaired) electrons. The monoisotopic (exact) mass is 354 g/mol. The molecule has 0 fully saturated rings. The average molecular weight is 354 g/mol. The third kappa shape index (κ3) is 5.66. The van der Waals surface area contributed by atoms with E-state index in [1.807, 2.05) is 31.2 Å². The number of amides is 2. The number of aryl methyl sites for hydroxylation is 1. The second kappa shape index (κ2) is 8.16. The van der Waals surface area contributed by atoms with Gasteiger partial charge in [0.05, 0.1) is 11.5 Å². The van der Waals surface area contributed by atoms with Gasteiger partial charge < -0.3 is 11.1 Å². The zero-order valence-electron chi connectivity index (χ0n) is 11.7. The first-order valence-corrected chi connectivity index (χ1v) is 9.05. The Balaban J connectivity index is 1.78. The predicted octanol–water partition coefficient (Wildman–Crippen LogP) is 2.15. The first-order chi connectivity index (χ1) is 10.5. The number of primary amides is 1. The Labute approximate surface area is 140 Å². The lowest BCUT2D eigenvalue weighted by atomic mass is 10.2. The summed E-state index contributed by atoms with van der Waals surface area (Å²) in [5.74, 6) is -0.0711. The molecule has 0 unspecified atom stereocenters. The highest BCUT2D eigenvalue weighted by Crippen LogP contribution is 2.28. The Hall–Kier alpha value is -1.58. The van der Waals surface area contributed by atoms with Crippen molar-refractivity contribution < 1.29 is 9.59 Å². The maximum Gasteiger partial charge on any atom is 0.234 e. The number of rotatable bonds is 7. The Morgan fingerprint density at radius 3 is 2.32 bits per heavy atom.